The highest BCUT2D eigenvalue weighted by Crippen LogP contribution is 2.33. The van der Waals surface area contributed by atoms with Crippen molar-refractivity contribution in [2.24, 2.45) is 0 Å². The number of alkyl halides is 1. The van der Waals surface area contributed by atoms with Crippen LogP contribution in [0.5, 0.6) is 0 Å². The van der Waals surface area contributed by atoms with Crippen molar-refractivity contribution in [3.63, 3.8) is 0 Å². The average Bonchev–Trinajstić information content (AvgIpc) is 2.73. The zero-order valence-electron chi connectivity index (χ0n) is 10.8. The van der Waals surface area contributed by atoms with Gasteiger partial charge < -0.3 is 25.2 Å². The molecule has 0 spiro atoms. The van der Waals surface area contributed by atoms with Crippen molar-refractivity contribution in [1.29, 1.82) is 0 Å². The van der Waals surface area contributed by atoms with Crippen LogP contribution in [0.4, 0.5) is 4.39 Å². The van der Waals surface area contributed by atoms with Gasteiger partial charge in [-0.1, -0.05) is 0 Å². The fraction of sp³-hybridized carbons (Fsp3) is 0.500. The summed E-state index contributed by atoms with van der Waals surface area (Å²) in [6.45, 7) is -0.870. The van der Waals surface area contributed by atoms with Crippen LogP contribution in [-0.4, -0.2) is 80.4 Å². The van der Waals surface area contributed by atoms with E-state index in [9.17, 15) is 38.9 Å². The number of carbonyl (C=O) groups is 4. The van der Waals surface area contributed by atoms with Gasteiger partial charge in [0, 0.05) is 0 Å². The first kappa shape index (κ1) is 16.5. The Morgan fingerprint density at radius 2 is 1.91 bits per heavy atom. The number of hydrogen-bond donors (Lipinski definition) is 4. The molecule has 0 aromatic rings. The van der Waals surface area contributed by atoms with Gasteiger partial charge in [-0.25, -0.2) is 4.39 Å². The average molecular weight is 318 g/mol. The quantitative estimate of drug-likeness (QED) is 0.234. The normalized spacial score (nSPS) is 39.1. The Bertz CT molecular complexity index is 597. The number of aliphatic hydroxyl groups is 4. The van der Waals surface area contributed by atoms with Crippen molar-refractivity contribution in [2.75, 3.05) is 6.61 Å². The Morgan fingerprint density at radius 1 is 1.32 bits per heavy atom. The van der Waals surface area contributed by atoms with Crippen LogP contribution in [0.15, 0.2) is 11.6 Å². The van der Waals surface area contributed by atoms with Crippen LogP contribution in [0.1, 0.15) is 0 Å². The molecule has 1 aliphatic carbocycles. The Kier molecular flexibility index (Phi) is 4.06. The van der Waals surface area contributed by atoms with E-state index in [0.717, 1.165) is 0 Å². The Hall–Kier alpha value is -1.85. The molecule has 1 unspecified atom stereocenters. The molecule has 5 atom stereocenters. The summed E-state index contributed by atoms with van der Waals surface area (Å²) in [4.78, 5) is 46.1. The molecule has 1 aliphatic heterocycles. The summed E-state index contributed by atoms with van der Waals surface area (Å²) in [6.07, 6.45) is -8.16. The lowest BCUT2D eigenvalue weighted by Crippen LogP contribution is -2.53. The topological polar surface area (TPSA) is 158 Å². The highest BCUT2D eigenvalue weighted by molar-refractivity contribution is 6.56. The van der Waals surface area contributed by atoms with Gasteiger partial charge in [-0.05, 0) is 6.08 Å². The van der Waals surface area contributed by atoms with Crippen molar-refractivity contribution in [3.05, 3.63) is 11.6 Å². The van der Waals surface area contributed by atoms with Crippen molar-refractivity contribution >= 4 is 23.1 Å². The molecule has 0 bridgehead atoms. The van der Waals surface area contributed by atoms with Crippen LogP contribution in [0.2, 0.25) is 0 Å². The van der Waals surface area contributed by atoms with Crippen LogP contribution in [0.25, 0.3) is 0 Å². The summed E-state index contributed by atoms with van der Waals surface area (Å²) in [6, 6.07) is 0. The maximum atomic E-state index is 13.1. The number of aliphatic hydroxyl groups excluding tert-OH is 3. The van der Waals surface area contributed by atoms with E-state index in [1.165, 1.54) is 0 Å². The fourth-order valence-electron chi connectivity index (χ4n) is 2.16. The second kappa shape index (κ2) is 5.41. The third-order valence-corrected chi connectivity index (χ3v) is 3.42. The van der Waals surface area contributed by atoms with Gasteiger partial charge in [0.2, 0.25) is 23.5 Å². The third-order valence-electron chi connectivity index (χ3n) is 3.42. The van der Waals surface area contributed by atoms with E-state index in [0.29, 0.717) is 0 Å². The SMILES string of the molecule is O=C1C(=O)C(F)C(=O)C=C1C(=O)[C@]1(O)O[C@@H](CO)[C@H](O)[C@@H]1O. The zero-order valence-corrected chi connectivity index (χ0v) is 10.8. The van der Waals surface area contributed by atoms with E-state index in [4.69, 9.17) is 5.11 Å². The zero-order chi connectivity index (χ0) is 16.8. The highest BCUT2D eigenvalue weighted by Gasteiger charge is 2.60. The molecular formula is C12H11FO9. The summed E-state index contributed by atoms with van der Waals surface area (Å²) in [5.41, 5.74) is -1.17. The number of ether oxygens (including phenoxy) is 1. The summed E-state index contributed by atoms with van der Waals surface area (Å²) in [5.74, 6) is -9.76. The minimum Gasteiger partial charge on any atom is -0.394 e. The molecule has 10 heteroatoms. The number of allylic oxidation sites excluding steroid dienone is 1. The molecule has 4 N–H and O–H groups in total. The standard InChI is InChI=1S/C12H11FO9/c13-6-4(15)1-3(7(16)9(6)18)10(19)12(21)11(20)8(17)5(2-14)22-12/h1,5-6,8,11,14,17,20-21H,2H2/t5-,6?,8-,11-,12-/m0/s1. The van der Waals surface area contributed by atoms with Gasteiger partial charge in [0.1, 0.15) is 18.3 Å². The third kappa shape index (κ3) is 2.21. The van der Waals surface area contributed by atoms with Crippen molar-refractivity contribution < 1.29 is 48.7 Å². The van der Waals surface area contributed by atoms with E-state index in [2.05, 4.69) is 4.74 Å². The molecule has 0 aromatic carbocycles. The number of carbonyl (C=O) groups excluding carboxylic acids is 4. The van der Waals surface area contributed by atoms with E-state index in [1.54, 1.807) is 0 Å². The molecule has 2 aliphatic rings. The molecule has 9 nitrogen and oxygen atoms in total. The van der Waals surface area contributed by atoms with E-state index < -0.39 is 65.6 Å². The Morgan fingerprint density at radius 3 is 2.41 bits per heavy atom. The van der Waals surface area contributed by atoms with E-state index in [-0.39, 0.29) is 6.08 Å². The van der Waals surface area contributed by atoms with Gasteiger partial charge in [0.05, 0.1) is 12.2 Å². The minimum absolute atomic E-state index is 0.226. The largest absolute Gasteiger partial charge is 0.394 e. The van der Waals surface area contributed by atoms with Crippen LogP contribution < -0.4 is 0 Å². The number of Topliss-reactive ketones (excluding diaryl/α,β-unsaturated/α-hetero) is 3. The number of halogens is 1. The second-order valence-corrected chi connectivity index (χ2v) is 4.82. The lowest BCUT2D eigenvalue weighted by atomic mass is 9.87. The van der Waals surface area contributed by atoms with E-state index in [1.807, 2.05) is 0 Å². The molecule has 0 radical (unpaired) electrons. The lowest BCUT2D eigenvalue weighted by molar-refractivity contribution is -0.220. The molecule has 1 saturated heterocycles. The van der Waals surface area contributed by atoms with Gasteiger partial charge >= 0.3 is 0 Å². The molecule has 22 heavy (non-hydrogen) atoms. The van der Waals surface area contributed by atoms with Crippen molar-refractivity contribution in [2.45, 2.75) is 30.3 Å². The van der Waals surface area contributed by atoms with Crippen molar-refractivity contribution in [1.82, 2.24) is 0 Å². The van der Waals surface area contributed by atoms with Crippen molar-refractivity contribution in [3.8, 4) is 0 Å². The Balaban J connectivity index is 2.40. The molecule has 1 fully saturated rings. The maximum absolute atomic E-state index is 13.1. The van der Waals surface area contributed by atoms with Gasteiger partial charge in [-0.15, -0.1) is 0 Å². The first-order valence-electron chi connectivity index (χ1n) is 6.05. The predicted molar refractivity (Wildman–Crippen MR) is 61.9 cm³/mol. The molecular weight excluding hydrogens is 307 g/mol. The molecule has 1 heterocycles. The first-order valence-corrected chi connectivity index (χ1v) is 6.05. The molecule has 2 rings (SSSR count). The van der Waals surface area contributed by atoms with Crippen LogP contribution in [0, 0.1) is 0 Å². The second-order valence-electron chi connectivity index (χ2n) is 4.82. The number of ketones is 4. The Labute approximate surface area is 121 Å². The van der Waals surface area contributed by atoms with Gasteiger partial charge in [-0.2, -0.15) is 0 Å². The predicted octanol–water partition coefficient (Wildman–Crippen LogP) is -3.66. The summed E-state index contributed by atoms with van der Waals surface area (Å²) in [5, 5.41) is 38.1. The molecule has 0 aromatic heterocycles. The summed E-state index contributed by atoms with van der Waals surface area (Å²) < 4.78 is 17.7. The monoisotopic (exact) mass is 318 g/mol. The summed E-state index contributed by atoms with van der Waals surface area (Å²) in [7, 11) is 0. The van der Waals surface area contributed by atoms with E-state index >= 15 is 0 Å². The smallest absolute Gasteiger partial charge is 0.261 e. The number of hydrogen-bond acceptors (Lipinski definition) is 9. The van der Waals surface area contributed by atoms with Crippen LogP contribution >= 0.6 is 0 Å². The molecule has 0 saturated carbocycles. The van der Waals surface area contributed by atoms with Crippen LogP contribution in [-0.2, 0) is 23.9 Å². The first-order chi connectivity index (χ1) is 10.1. The minimum atomic E-state index is -3.15. The number of rotatable bonds is 3. The molecule has 0 amide bonds. The van der Waals surface area contributed by atoms with Gasteiger partial charge in [-0.3, -0.25) is 19.2 Å². The summed E-state index contributed by atoms with van der Waals surface area (Å²) >= 11 is 0. The van der Waals surface area contributed by atoms with Crippen LogP contribution in [0.3, 0.4) is 0 Å². The van der Waals surface area contributed by atoms with Gasteiger partial charge in [0.15, 0.2) is 5.78 Å². The highest BCUT2D eigenvalue weighted by atomic mass is 19.1. The van der Waals surface area contributed by atoms with Gasteiger partial charge in [0.25, 0.3) is 5.79 Å². The fourth-order valence-corrected chi connectivity index (χ4v) is 2.16. The maximum Gasteiger partial charge on any atom is 0.261 e. The lowest BCUT2D eigenvalue weighted by Gasteiger charge is -2.25. The molecule has 120 valence electrons.